The number of aromatic nitrogens is 1. The normalized spacial score (nSPS) is 14.9. The number of nitrogens with one attached hydrogen (secondary N) is 1. The van der Waals surface area contributed by atoms with Gasteiger partial charge in [-0.15, -0.1) is 0 Å². The molecule has 2 heterocycles. The van der Waals surface area contributed by atoms with Crippen LogP contribution in [0.1, 0.15) is 29.3 Å². The Kier molecular flexibility index (Phi) is 8.29. The number of methoxy groups -OCH3 is 1. The van der Waals surface area contributed by atoms with Gasteiger partial charge in [0.15, 0.2) is 6.61 Å². The molecule has 5 rings (SSSR count). The second-order valence-electron chi connectivity index (χ2n) is 9.99. The van der Waals surface area contributed by atoms with Crippen LogP contribution in [0.4, 0.5) is 0 Å². The number of hydrogen-bond acceptors (Lipinski definition) is 5. The van der Waals surface area contributed by atoms with E-state index in [1.165, 1.54) is 5.56 Å². The molecule has 8 heteroatoms. The third kappa shape index (κ3) is 6.15. The quantitative estimate of drug-likeness (QED) is 0.257. The highest BCUT2D eigenvalue weighted by molar-refractivity contribution is 6.30. The van der Waals surface area contributed by atoms with E-state index in [4.69, 9.17) is 25.8 Å². The maximum absolute atomic E-state index is 13.6. The molecule has 0 spiro atoms. The zero-order valence-corrected chi connectivity index (χ0v) is 23.3. The molecule has 1 aliphatic heterocycles. The van der Waals surface area contributed by atoms with Crippen molar-refractivity contribution in [3.63, 3.8) is 0 Å². The second kappa shape index (κ2) is 12.0. The Morgan fingerprint density at radius 2 is 1.69 bits per heavy atom. The van der Waals surface area contributed by atoms with Crippen molar-refractivity contribution >= 4 is 28.4 Å². The molecular weight excluding hydrogens is 514 g/mol. The highest BCUT2D eigenvalue weighted by Crippen LogP contribution is 2.40. The summed E-state index contributed by atoms with van der Waals surface area (Å²) in [6, 6.07) is 20.9. The van der Waals surface area contributed by atoms with Crippen LogP contribution in [0.15, 0.2) is 66.7 Å². The molecule has 204 valence electrons. The smallest absolute Gasteiger partial charge is 0.261 e. The minimum atomic E-state index is -0.281. The van der Waals surface area contributed by atoms with Gasteiger partial charge in [0.1, 0.15) is 17.2 Å². The molecule has 7 nitrogen and oxygen atoms in total. The van der Waals surface area contributed by atoms with Crippen molar-refractivity contribution in [1.29, 1.82) is 0 Å². The van der Waals surface area contributed by atoms with Gasteiger partial charge in [-0.3, -0.25) is 4.79 Å². The maximum Gasteiger partial charge on any atom is 0.261 e. The summed E-state index contributed by atoms with van der Waals surface area (Å²) in [6.45, 7) is 2.15. The molecule has 1 N–H and O–H groups in total. The van der Waals surface area contributed by atoms with Crippen LogP contribution in [-0.4, -0.2) is 68.2 Å². The Labute approximate surface area is 234 Å². The number of nitrogens with zero attached hydrogens (tertiary/aromatic N) is 2. The third-order valence-electron chi connectivity index (χ3n) is 7.04. The number of fused-ring (bicyclic) bond motifs is 3. The number of ether oxygens (including phenoxy) is 3. The summed E-state index contributed by atoms with van der Waals surface area (Å²) in [4.78, 5) is 21.2. The standard InChI is InChI=1S/C31H34ClN3O4/c1-34(2)16-4-18-38-23-9-5-21(6-10-23)31-30-26(27-19-25(37-3)13-14-28(27)33-30)15-17-35(31)29(36)20-39-24-11-7-22(32)8-12-24/h5-14,19,31,33H,4,15-18,20H2,1-3H3. The largest absolute Gasteiger partial charge is 0.497 e. The van der Waals surface area contributed by atoms with E-state index >= 15 is 0 Å². The monoisotopic (exact) mass is 547 g/mol. The van der Waals surface area contributed by atoms with E-state index in [9.17, 15) is 4.79 Å². The van der Waals surface area contributed by atoms with E-state index in [1.807, 2.05) is 41.3 Å². The Hall–Kier alpha value is -3.68. The summed E-state index contributed by atoms with van der Waals surface area (Å²) >= 11 is 5.99. The minimum absolute atomic E-state index is 0.0609. The lowest BCUT2D eigenvalue weighted by Crippen LogP contribution is -2.42. The van der Waals surface area contributed by atoms with E-state index in [-0.39, 0.29) is 18.6 Å². The number of amides is 1. The van der Waals surface area contributed by atoms with Gasteiger partial charge in [-0.25, -0.2) is 0 Å². The maximum atomic E-state index is 13.6. The number of H-pyrrole nitrogens is 1. The predicted molar refractivity (Wildman–Crippen MR) is 154 cm³/mol. The lowest BCUT2D eigenvalue weighted by Gasteiger charge is -2.36. The topological polar surface area (TPSA) is 67.0 Å². The first-order valence-electron chi connectivity index (χ1n) is 13.2. The van der Waals surface area contributed by atoms with Crippen molar-refractivity contribution in [3.8, 4) is 17.2 Å². The SMILES string of the molecule is COc1ccc2[nH]c3c(c2c1)CCN(C(=O)COc1ccc(Cl)cc1)C3c1ccc(OCCCN(C)C)cc1. The number of halogens is 1. The Balaban J connectivity index is 1.42. The van der Waals surface area contributed by atoms with Crippen LogP contribution in [0.3, 0.4) is 0 Å². The fourth-order valence-corrected chi connectivity index (χ4v) is 5.21. The molecule has 39 heavy (non-hydrogen) atoms. The van der Waals surface area contributed by atoms with Crippen molar-refractivity contribution in [3.05, 3.63) is 88.6 Å². The zero-order valence-electron chi connectivity index (χ0n) is 22.6. The molecule has 4 aromatic rings. The van der Waals surface area contributed by atoms with E-state index in [2.05, 4.69) is 30.0 Å². The molecule has 0 fully saturated rings. The van der Waals surface area contributed by atoms with Crippen molar-refractivity contribution in [2.45, 2.75) is 18.9 Å². The summed E-state index contributed by atoms with van der Waals surface area (Å²) in [7, 11) is 5.79. The number of rotatable bonds is 10. The number of hydrogen-bond donors (Lipinski definition) is 1. The molecule has 1 atom stereocenters. The summed E-state index contributed by atoms with van der Waals surface area (Å²) in [5.41, 5.74) is 4.26. The van der Waals surface area contributed by atoms with Gasteiger partial charge in [0.05, 0.1) is 19.8 Å². The van der Waals surface area contributed by atoms with Crippen LogP contribution < -0.4 is 14.2 Å². The van der Waals surface area contributed by atoms with Gasteiger partial charge in [0, 0.05) is 34.7 Å². The van der Waals surface area contributed by atoms with Crippen LogP contribution >= 0.6 is 11.6 Å². The van der Waals surface area contributed by atoms with Crippen molar-refractivity contribution < 1.29 is 19.0 Å². The third-order valence-corrected chi connectivity index (χ3v) is 7.30. The first kappa shape index (κ1) is 26.9. The van der Waals surface area contributed by atoms with Gasteiger partial charge in [-0.1, -0.05) is 23.7 Å². The molecule has 1 unspecified atom stereocenters. The molecular formula is C31H34ClN3O4. The van der Waals surface area contributed by atoms with Crippen LogP contribution in [-0.2, 0) is 11.2 Å². The average molecular weight is 548 g/mol. The number of aromatic amines is 1. The van der Waals surface area contributed by atoms with E-state index in [0.717, 1.165) is 53.0 Å². The van der Waals surface area contributed by atoms with E-state index < -0.39 is 0 Å². The fourth-order valence-electron chi connectivity index (χ4n) is 5.09. The van der Waals surface area contributed by atoms with Crippen molar-refractivity contribution in [1.82, 2.24) is 14.8 Å². The highest BCUT2D eigenvalue weighted by Gasteiger charge is 2.34. The van der Waals surface area contributed by atoms with Gasteiger partial charge in [0.2, 0.25) is 0 Å². The van der Waals surface area contributed by atoms with Crippen molar-refractivity contribution in [2.24, 2.45) is 0 Å². The van der Waals surface area contributed by atoms with Gasteiger partial charge in [0.25, 0.3) is 5.91 Å². The van der Waals surface area contributed by atoms with E-state index in [0.29, 0.717) is 23.9 Å². The summed E-state index contributed by atoms with van der Waals surface area (Å²) in [5, 5.41) is 1.75. The summed E-state index contributed by atoms with van der Waals surface area (Å²) in [5.74, 6) is 2.15. The first-order valence-corrected chi connectivity index (χ1v) is 13.5. The molecule has 1 aliphatic rings. The Morgan fingerprint density at radius 3 is 2.41 bits per heavy atom. The lowest BCUT2D eigenvalue weighted by atomic mass is 9.92. The lowest BCUT2D eigenvalue weighted by molar-refractivity contribution is -0.135. The zero-order chi connectivity index (χ0) is 27.4. The molecule has 0 saturated heterocycles. The summed E-state index contributed by atoms with van der Waals surface area (Å²) < 4.78 is 17.3. The van der Waals surface area contributed by atoms with Crippen LogP contribution in [0, 0.1) is 0 Å². The predicted octanol–water partition coefficient (Wildman–Crippen LogP) is 5.71. The van der Waals surface area contributed by atoms with Gasteiger partial charge in [-0.05, 0) is 92.7 Å². The van der Waals surface area contributed by atoms with Gasteiger partial charge >= 0.3 is 0 Å². The van der Waals surface area contributed by atoms with Crippen LogP contribution in [0.5, 0.6) is 17.2 Å². The molecule has 0 aliphatic carbocycles. The number of carbonyl (C=O) groups is 1. The van der Waals surface area contributed by atoms with Gasteiger partial charge < -0.3 is 29.0 Å². The summed E-state index contributed by atoms with van der Waals surface area (Å²) in [6.07, 6.45) is 1.69. The molecule has 0 radical (unpaired) electrons. The van der Waals surface area contributed by atoms with Crippen LogP contribution in [0.2, 0.25) is 5.02 Å². The average Bonchev–Trinajstić information content (AvgIpc) is 3.32. The highest BCUT2D eigenvalue weighted by atomic mass is 35.5. The number of benzene rings is 3. The van der Waals surface area contributed by atoms with Crippen molar-refractivity contribution in [2.75, 3.05) is 47.5 Å². The molecule has 0 bridgehead atoms. The number of carbonyl (C=O) groups excluding carboxylic acids is 1. The molecule has 3 aromatic carbocycles. The first-order chi connectivity index (χ1) is 18.9. The molecule has 0 saturated carbocycles. The fraction of sp³-hybridized carbons (Fsp3) is 0.323. The Bertz CT molecular complexity index is 1420. The van der Waals surface area contributed by atoms with Gasteiger partial charge in [-0.2, -0.15) is 0 Å². The Morgan fingerprint density at radius 1 is 1.00 bits per heavy atom. The molecule has 1 amide bonds. The molecule has 1 aromatic heterocycles. The van der Waals surface area contributed by atoms with E-state index in [1.54, 1.807) is 31.4 Å². The second-order valence-corrected chi connectivity index (χ2v) is 10.4. The van der Waals surface area contributed by atoms with Crippen LogP contribution in [0.25, 0.3) is 10.9 Å². The minimum Gasteiger partial charge on any atom is -0.497 e.